The largest absolute Gasteiger partial charge is 0.372 e. The lowest BCUT2D eigenvalue weighted by Gasteiger charge is -2.27. The molecule has 0 bridgehead atoms. The molecule has 2 unspecified atom stereocenters. The van der Waals surface area contributed by atoms with E-state index in [-0.39, 0.29) is 18.0 Å². The van der Waals surface area contributed by atoms with E-state index >= 15 is 0 Å². The van der Waals surface area contributed by atoms with Gasteiger partial charge >= 0.3 is 0 Å². The van der Waals surface area contributed by atoms with Gasteiger partial charge < -0.3 is 4.74 Å². The Kier molecular flexibility index (Phi) is 5.44. The normalized spacial score (nSPS) is 13.9. The average molecular weight is 288 g/mol. The summed E-state index contributed by atoms with van der Waals surface area (Å²) in [5.41, 5.74) is 5.14. The van der Waals surface area contributed by atoms with E-state index in [1.165, 1.54) is 6.07 Å². The van der Waals surface area contributed by atoms with Gasteiger partial charge in [-0.15, -0.1) is 0 Å². The number of aryl methyl sites for hydroxylation is 1. The first-order valence-corrected chi connectivity index (χ1v) is 7.06. The smallest absolute Gasteiger partial charge is 0.126 e. The number of hydrogen-bond donors (Lipinski definition) is 2. The molecule has 0 aliphatic rings. The molecule has 0 spiro atoms. The van der Waals surface area contributed by atoms with Crippen LogP contribution in [-0.4, -0.2) is 6.61 Å². The summed E-state index contributed by atoms with van der Waals surface area (Å²) in [6.07, 6.45) is -0.275. The van der Waals surface area contributed by atoms with Crippen molar-refractivity contribution in [3.8, 4) is 0 Å². The summed E-state index contributed by atoms with van der Waals surface area (Å²) in [5, 5.41) is 0. The Morgan fingerprint density at radius 2 is 1.86 bits per heavy atom. The monoisotopic (exact) mass is 288 g/mol. The molecule has 2 aromatic rings. The van der Waals surface area contributed by atoms with Crippen LogP contribution in [0.1, 0.15) is 35.8 Å². The van der Waals surface area contributed by atoms with Crippen molar-refractivity contribution in [2.24, 2.45) is 5.84 Å². The van der Waals surface area contributed by atoms with E-state index < -0.39 is 0 Å². The van der Waals surface area contributed by atoms with E-state index in [0.717, 1.165) is 11.1 Å². The number of halogens is 1. The second-order valence-corrected chi connectivity index (χ2v) is 4.94. The minimum atomic E-state index is -0.317. The SMILES string of the molecule is CCOC(c1ccccc1)C(NN)c1ccc(C)c(F)c1. The van der Waals surface area contributed by atoms with Crippen molar-refractivity contribution in [3.05, 3.63) is 71.0 Å². The molecule has 4 heteroatoms. The molecule has 2 atom stereocenters. The Hall–Kier alpha value is -1.75. The van der Waals surface area contributed by atoms with Crippen LogP contribution >= 0.6 is 0 Å². The van der Waals surface area contributed by atoms with Crippen LogP contribution in [0.15, 0.2) is 48.5 Å². The number of nitrogens with one attached hydrogen (secondary N) is 1. The number of hydrazine groups is 1. The highest BCUT2D eigenvalue weighted by Crippen LogP contribution is 2.32. The minimum Gasteiger partial charge on any atom is -0.372 e. The molecule has 0 amide bonds. The van der Waals surface area contributed by atoms with Crippen LogP contribution in [0.3, 0.4) is 0 Å². The maximum absolute atomic E-state index is 13.8. The molecule has 0 aliphatic heterocycles. The van der Waals surface area contributed by atoms with Crippen LogP contribution in [0.4, 0.5) is 4.39 Å². The third kappa shape index (κ3) is 3.67. The summed E-state index contributed by atoms with van der Waals surface area (Å²) in [5.74, 6) is 5.47. The fourth-order valence-electron chi connectivity index (χ4n) is 2.37. The zero-order valence-electron chi connectivity index (χ0n) is 12.3. The lowest BCUT2D eigenvalue weighted by atomic mass is 9.95. The van der Waals surface area contributed by atoms with E-state index in [0.29, 0.717) is 12.2 Å². The highest BCUT2D eigenvalue weighted by molar-refractivity contribution is 5.29. The van der Waals surface area contributed by atoms with Gasteiger partial charge in [-0.3, -0.25) is 5.84 Å². The lowest BCUT2D eigenvalue weighted by Crippen LogP contribution is -2.34. The van der Waals surface area contributed by atoms with Crippen LogP contribution in [0.5, 0.6) is 0 Å². The number of ether oxygens (including phenoxy) is 1. The van der Waals surface area contributed by atoms with Crippen LogP contribution < -0.4 is 11.3 Å². The van der Waals surface area contributed by atoms with Gasteiger partial charge in [0.1, 0.15) is 11.9 Å². The van der Waals surface area contributed by atoms with Gasteiger partial charge in [0.2, 0.25) is 0 Å². The Labute approximate surface area is 124 Å². The quantitative estimate of drug-likeness (QED) is 0.632. The zero-order valence-corrected chi connectivity index (χ0v) is 12.3. The Balaban J connectivity index is 2.37. The molecular formula is C17H21FN2O. The summed E-state index contributed by atoms with van der Waals surface area (Å²) in [4.78, 5) is 0. The van der Waals surface area contributed by atoms with Gasteiger partial charge in [0.25, 0.3) is 0 Å². The maximum atomic E-state index is 13.8. The summed E-state index contributed by atoms with van der Waals surface area (Å²) in [6.45, 7) is 4.21. The van der Waals surface area contributed by atoms with Crippen LogP contribution in [0, 0.1) is 12.7 Å². The molecule has 2 aromatic carbocycles. The van der Waals surface area contributed by atoms with Crippen LogP contribution in [0.25, 0.3) is 0 Å². The molecule has 0 saturated heterocycles. The number of benzene rings is 2. The number of nitrogens with two attached hydrogens (primary N) is 1. The van der Waals surface area contributed by atoms with Gasteiger partial charge in [-0.05, 0) is 36.6 Å². The molecule has 0 aromatic heterocycles. The highest BCUT2D eigenvalue weighted by atomic mass is 19.1. The van der Waals surface area contributed by atoms with Crippen molar-refractivity contribution < 1.29 is 9.13 Å². The molecule has 0 saturated carbocycles. The average Bonchev–Trinajstić information content (AvgIpc) is 2.51. The van der Waals surface area contributed by atoms with Crippen molar-refractivity contribution in [3.63, 3.8) is 0 Å². The van der Waals surface area contributed by atoms with Crippen molar-refractivity contribution in [2.45, 2.75) is 26.0 Å². The molecule has 0 aliphatic carbocycles. The standard InChI is InChI=1S/C17H21FN2O/c1-3-21-17(13-7-5-4-6-8-13)16(20-19)14-10-9-12(2)15(18)11-14/h4-11,16-17,20H,3,19H2,1-2H3. The number of hydrogen-bond acceptors (Lipinski definition) is 3. The Bertz CT molecular complexity index is 574. The van der Waals surface area contributed by atoms with Gasteiger partial charge in [-0.2, -0.15) is 0 Å². The van der Waals surface area contributed by atoms with E-state index in [1.807, 2.05) is 43.3 Å². The molecule has 0 radical (unpaired) electrons. The second-order valence-electron chi connectivity index (χ2n) is 4.94. The van der Waals surface area contributed by atoms with Crippen molar-refractivity contribution in [1.82, 2.24) is 5.43 Å². The molecule has 3 N–H and O–H groups in total. The predicted octanol–water partition coefficient (Wildman–Crippen LogP) is 3.42. The predicted molar refractivity (Wildman–Crippen MR) is 82.0 cm³/mol. The molecule has 0 heterocycles. The highest BCUT2D eigenvalue weighted by Gasteiger charge is 2.24. The lowest BCUT2D eigenvalue weighted by molar-refractivity contribution is 0.0326. The number of rotatable bonds is 6. The topological polar surface area (TPSA) is 47.3 Å². The van der Waals surface area contributed by atoms with Crippen molar-refractivity contribution in [1.29, 1.82) is 0 Å². The summed E-state index contributed by atoms with van der Waals surface area (Å²) < 4.78 is 19.7. The third-order valence-corrected chi connectivity index (χ3v) is 3.51. The zero-order chi connectivity index (χ0) is 15.2. The molecule has 2 rings (SSSR count). The Morgan fingerprint density at radius 1 is 1.14 bits per heavy atom. The summed E-state index contributed by atoms with van der Waals surface area (Å²) >= 11 is 0. The first-order chi connectivity index (χ1) is 10.2. The van der Waals surface area contributed by atoms with Gasteiger partial charge in [0.05, 0.1) is 6.04 Å². The molecular weight excluding hydrogens is 267 g/mol. The van der Waals surface area contributed by atoms with Crippen LogP contribution in [0.2, 0.25) is 0 Å². The van der Waals surface area contributed by atoms with E-state index in [2.05, 4.69) is 5.43 Å². The first-order valence-electron chi connectivity index (χ1n) is 7.06. The Morgan fingerprint density at radius 3 is 2.43 bits per heavy atom. The molecule has 112 valence electrons. The maximum Gasteiger partial charge on any atom is 0.126 e. The van der Waals surface area contributed by atoms with Crippen molar-refractivity contribution >= 4 is 0 Å². The van der Waals surface area contributed by atoms with E-state index in [4.69, 9.17) is 10.6 Å². The molecule has 3 nitrogen and oxygen atoms in total. The van der Waals surface area contributed by atoms with Gasteiger partial charge in [-0.1, -0.05) is 42.5 Å². The van der Waals surface area contributed by atoms with Crippen molar-refractivity contribution in [2.75, 3.05) is 6.61 Å². The van der Waals surface area contributed by atoms with Gasteiger partial charge in [0, 0.05) is 6.61 Å². The first kappa shape index (κ1) is 15.6. The summed E-state index contributed by atoms with van der Waals surface area (Å²) in [6, 6.07) is 14.6. The van der Waals surface area contributed by atoms with Gasteiger partial charge in [-0.25, -0.2) is 9.82 Å². The fourth-order valence-corrected chi connectivity index (χ4v) is 2.37. The minimum absolute atomic E-state index is 0.240. The van der Waals surface area contributed by atoms with E-state index in [9.17, 15) is 4.39 Å². The fraction of sp³-hybridized carbons (Fsp3) is 0.294. The third-order valence-electron chi connectivity index (χ3n) is 3.51. The molecule has 0 fully saturated rings. The summed E-state index contributed by atoms with van der Waals surface area (Å²) in [7, 11) is 0. The second kappa shape index (κ2) is 7.31. The van der Waals surface area contributed by atoms with E-state index in [1.54, 1.807) is 13.0 Å². The molecule has 21 heavy (non-hydrogen) atoms. The van der Waals surface area contributed by atoms with Crippen LogP contribution in [-0.2, 0) is 4.74 Å². The van der Waals surface area contributed by atoms with Gasteiger partial charge in [0.15, 0.2) is 0 Å².